The van der Waals surface area contributed by atoms with Crippen molar-refractivity contribution in [2.24, 2.45) is 0 Å². The molecule has 7 heteroatoms. The van der Waals surface area contributed by atoms with Gasteiger partial charge in [-0.15, -0.1) is 0 Å². The molecule has 0 saturated carbocycles. The van der Waals surface area contributed by atoms with Gasteiger partial charge in [-0.2, -0.15) is 0 Å². The average Bonchev–Trinajstić information content (AvgIpc) is 3.23. The number of hydrogen-bond donors (Lipinski definition) is 0. The first kappa shape index (κ1) is 26.3. The van der Waals surface area contributed by atoms with Gasteiger partial charge in [-0.3, -0.25) is 4.98 Å². The van der Waals surface area contributed by atoms with Crippen molar-refractivity contribution in [3.05, 3.63) is 77.1 Å². The maximum atomic E-state index is 13.3. The summed E-state index contributed by atoms with van der Waals surface area (Å²) in [6, 6.07) is 13.9. The summed E-state index contributed by atoms with van der Waals surface area (Å²) in [7, 11) is 1.65. The van der Waals surface area contributed by atoms with Gasteiger partial charge >= 0.3 is 5.97 Å². The summed E-state index contributed by atoms with van der Waals surface area (Å²) in [6.45, 7) is 14.4. The molecule has 1 aliphatic heterocycles. The van der Waals surface area contributed by atoms with Crippen LogP contribution in [0, 0.1) is 0 Å². The third-order valence-corrected chi connectivity index (χ3v) is 7.13. The molecule has 0 radical (unpaired) electrons. The van der Waals surface area contributed by atoms with Gasteiger partial charge in [0.05, 0.1) is 19.3 Å². The van der Waals surface area contributed by atoms with E-state index in [0.29, 0.717) is 29.2 Å². The van der Waals surface area contributed by atoms with Gasteiger partial charge in [0, 0.05) is 78.8 Å². The first-order chi connectivity index (χ1) is 18.0. The highest BCUT2D eigenvalue weighted by atomic mass is 16.6. The Morgan fingerprint density at radius 3 is 1.92 bits per heavy atom. The number of esters is 1. The van der Waals surface area contributed by atoms with E-state index in [1.807, 2.05) is 31.2 Å². The van der Waals surface area contributed by atoms with E-state index in [9.17, 15) is 4.79 Å². The van der Waals surface area contributed by atoms with Crippen molar-refractivity contribution in [1.82, 2.24) is 4.98 Å². The first-order valence-corrected chi connectivity index (χ1v) is 13.1. The SMILES string of the molecule is CCOc1cc(N(CC)CC)ccc1C1(c2ccc(N(CC)CC)cc2OC)OC(=O)c2ccncc21. The second-order valence-electron chi connectivity index (χ2n) is 8.83. The van der Waals surface area contributed by atoms with Gasteiger partial charge in [-0.05, 0) is 65.0 Å². The van der Waals surface area contributed by atoms with Gasteiger partial charge < -0.3 is 24.0 Å². The van der Waals surface area contributed by atoms with E-state index in [1.165, 1.54) is 0 Å². The molecular formula is C30H37N3O4. The second kappa shape index (κ2) is 11.1. The summed E-state index contributed by atoms with van der Waals surface area (Å²) in [6.07, 6.45) is 3.33. The molecule has 0 bridgehead atoms. The first-order valence-electron chi connectivity index (χ1n) is 13.1. The zero-order chi connectivity index (χ0) is 26.6. The summed E-state index contributed by atoms with van der Waals surface area (Å²) in [5.74, 6) is 0.887. The fourth-order valence-electron chi connectivity index (χ4n) is 5.27. The molecule has 0 spiro atoms. The van der Waals surface area contributed by atoms with Crippen molar-refractivity contribution in [3.8, 4) is 11.5 Å². The normalized spacial score (nSPS) is 16.2. The Morgan fingerprint density at radius 2 is 1.38 bits per heavy atom. The van der Waals surface area contributed by atoms with Crippen molar-refractivity contribution in [3.63, 3.8) is 0 Å². The van der Waals surface area contributed by atoms with Crippen LogP contribution in [0.3, 0.4) is 0 Å². The van der Waals surface area contributed by atoms with Crippen molar-refractivity contribution in [2.75, 3.05) is 49.7 Å². The van der Waals surface area contributed by atoms with Crippen LogP contribution in [0.1, 0.15) is 61.7 Å². The van der Waals surface area contributed by atoms with Crippen molar-refractivity contribution in [2.45, 2.75) is 40.2 Å². The highest BCUT2D eigenvalue weighted by Crippen LogP contribution is 2.53. The monoisotopic (exact) mass is 503 g/mol. The molecule has 0 amide bonds. The molecular weight excluding hydrogens is 466 g/mol. The number of rotatable bonds is 11. The van der Waals surface area contributed by atoms with E-state index in [0.717, 1.165) is 48.7 Å². The summed E-state index contributed by atoms with van der Waals surface area (Å²) < 4.78 is 18.5. The third-order valence-electron chi connectivity index (χ3n) is 7.13. The minimum Gasteiger partial charge on any atom is -0.496 e. The average molecular weight is 504 g/mol. The fraction of sp³-hybridized carbons (Fsp3) is 0.400. The number of fused-ring (bicyclic) bond motifs is 1. The Hall–Kier alpha value is -3.74. The molecule has 2 aromatic carbocycles. The summed E-state index contributed by atoms with van der Waals surface area (Å²) >= 11 is 0. The van der Waals surface area contributed by atoms with Gasteiger partial charge in [0.25, 0.3) is 0 Å². The lowest BCUT2D eigenvalue weighted by Gasteiger charge is -2.34. The highest BCUT2D eigenvalue weighted by Gasteiger charge is 2.52. The van der Waals surface area contributed by atoms with Gasteiger partial charge in [-0.1, -0.05) is 0 Å². The molecule has 7 nitrogen and oxygen atoms in total. The van der Waals surface area contributed by atoms with Crippen LogP contribution in [0.15, 0.2) is 54.9 Å². The molecule has 4 rings (SSSR count). The summed E-state index contributed by atoms with van der Waals surface area (Å²) in [4.78, 5) is 22.2. The minimum atomic E-state index is -1.28. The number of methoxy groups -OCH3 is 1. The standard InChI is InChI=1S/C30H37N3O4/c1-7-32(8-2)21-12-14-24(27(18-21)35-6)30(26-20-31-17-16-23(26)29(34)37-30)25-15-13-22(33(9-3)10-4)19-28(25)36-11-5/h12-20H,7-11H2,1-6H3. The number of anilines is 2. The zero-order valence-electron chi connectivity index (χ0n) is 22.7. The Bertz CT molecular complexity index is 1250. The maximum absolute atomic E-state index is 13.3. The number of aromatic nitrogens is 1. The van der Waals surface area contributed by atoms with Gasteiger partial charge in [0.2, 0.25) is 0 Å². The summed E-state index contributed by atoms with van der Waals surface area (Å²) in [5, 5.41) is 0. The molecule has 0 N–H and O–H groups in total. The Balaban J connectivity index is 2.03. The van der Waals surface area contributed by atoms with Gasteiger partial charge in [0.15, 0.2) is 5.60 Å². The van der Waals surface area contributed by atoms with Crippen LogP contribution in [-0.2, 0) is 10.3 Å². The molecule has 2 heterocycles. The molecule has 37 heavy (non-hydrogen) atoms. The van der Waals surface area contributed by atoms with Crippen LogP contribution in [0.4, 0.5) is 11.4 Å². The van der Waals surface area contributed by atoms with Crippen molar-refractivity contribution in [1.29, 1.82) is 0 Å². The maximum Gasteiger partial charge on any atom is 0.340 e. The van der Waals surface area contributed by atoms with Crippen molar-refractivity contribution < 1.29 is 19.0 Å². The van der Waals surface area contributed by atoms with Crippen LogP contribution < -0.4 is 19.3 Å². The molecule has 1 unspecified atom stereocenters. The predicted octanol–water partition coefficient (Wildman–Crippen LogP) is 5.64. The van der Waals surface area contributed by atoms with Crippen LogP contribution in [0.25, 0.3) is 0 Å². The number of carbonyl (C=O) groups is 1. The number of pyridine rings is 1. The topological polar surface area (TPSA) is 64.1 Å². The lowest BCUT2D eigenvalue weighted by Crippen LogP contribution is -2.31. The number of cyclic esters (lactones) is 1. The molecule has 0 aliphatic carbocycles. The van der Waals surface area contributed by atoms with Crippen LogP contribution in [0.2, 0.25) is 0 Å². The van der Waals surface area contributed by atoms with E-state index in [-0.39, 0.29) is 0 Å². The molecule has 0 saturated heterocycles. The molecule has 1 aliphatic rings. The molecule has 1 atom stereocenters. The Morgan fingerprint density at radius 1 is 0.811 bits per heavy atom. The van der Waals surface area contributed by atoms with Gasteiger partial charge in [0.1, 0.15) is 11.5 Å². The number of ether oxygens (including phenoxy) is 3. The zero-order valence-corrected chi connectivity index (χ0v) is 22.7. The van der Waals surface area contributed by atoms with Gasteiger partial charge in [-0.25, -0.2) is 4.79 Å². The Labute approximate surface area is 220 Å². The second-order valence-corrected chi connectivity index (χ2v) is 8.83. The highest BCUT2D eigenvalue weighted by molar-refractivity contribution is 5.96. The van der Waals surface area contributed by atoms with E-state index >= 15 is 0 Å². The quantitative estimate of drug-likeness (QED) is 0.314. The number of carbonyl (C=O) groups excluding carboxylic acids is 1. The lowest BCUT2D eigenvalue weighted by atomic mass is 9.79. The van der Waals surface area contributed by atoms with Crippen LogP contribution in [0.5, 0.6) is 11.5 Å². The summed E-state index contributed by atoms with van der Waals surface area (Å²) in [5.41, 5.74) is 3.43. The lowest BCUT2D eigenvalue weighted by molar-refractivity contribution is 0.0237. The minimum absolute atomic E-state index is 0.400. The van der Waals surface area contributed by atoms with Crippen LogP contribution in [-0.4, -0.2) is 50.8 Å². The molecule has 0 fully saturated rings. The molecule has 3 aromatic rings. The molecule has 1 aromatic heterocycles. The Kier molecular flexibility index (Phi) is 7.91. The van der Waals surface area contributed by atoms with E-state index in [1.54, 1.807) is 25.6 Å². The van der Waals surface area contributed by atoms with E-state index in [2.05, 4.69) is 54.6 Å². The smallest absolute Gasteiger partial charge is 0.340 e. The van der Waals surface area contributed by atoms with E-state index < -0.39 is 11.6 Å². The number of nitrogens with zero attached hydrogens (tertiary/aromatic N) is 3. The molecule has 196 valence electrons. The predicted molar refractivity (Wildman–Crippen MR) is 147 cm³/mol. The largest absolute Gasteiger partial charge is 0.496 e. The van der Waals surface area contributed by atoms with E-state index in [4.69, 9.17) is 14.2 Å². The van der Waals surface area contributed by atoms with Crippen LogP contribution >= 0.6 is 0 Å². The third kappa shape index (κ3) is 4.47. The number of benzene rings is 2. The number of hydrogen-bond acceptors (Lipinski definition) is 7. The van der Waals surface area contributed by atoms with Crippen molar-refractivity contribution >= 4 is 17.3 Å². The fourth-order valence-corrected chi connectivity index (χ4v) is 5.27.